The Labute approximate surface area is 183 Å². The van der Waals surface area contributed by atoms with Crippen molar-refractivity contribution in [3.8, 4) is 17.2 Å². The molecule has 0 saturated carbocycles. The van der Waals surface area contributed by atoms with Crippen LogP contribution in [0.1, 0.15) is 26.3 Å². The molecule has 0 aliphatic carbocycles. The van der Waals surface area contributed by atoms with Gasteiger partial charge in [-0.25, -0.2) is 8.42 Å². The first kappa shape index (κ1) is 22.7. The van der Waals surface area contributed by atoms with Gasteiger partial charge in [-0.15, -0.1) is 0 Å². The third-order valence-electron chi connectivity index (χ3n) is 4.63. The molecule has 2 aromatic rings. The van der Waals surface area contributed by atoms with Crippen molar-refractivity contribution in [2.45, 2.75) is 39.5 Å². The number of carbonyl (C=O) groups excluding carboxylic acids is 1. The number of anilines is 1. The molecule has 9 heteroatoms. The molecule has 168 valence electrons. The van der Waals surface area contributed by atoms with Crippen molar-refractivity contribution in [3.63, 3.8) is 0 Å². The van der Waals surface area contributed by atoms with Crippen molar-refractivity contribution in [1.29, 1.82) is 0 Å². The van der Waals surface area contributed by atoms with Crippen LogP contribution in [0.25, 0.3) is 0 Å². The van der Waals surface area contributed by atoms with E-state index >= 15 is 0 Å². The maximum Gasteiger partial charge on any atom is 0.243 e. The maximum atomic E-state index is 12.8. The van der Waals surface area contributed by atoms with E-state index in [0.717, 1.165) is 21.9 Å². The van der Waals surface area contributed by atoms with Crippen molar-refractivity contribution in [1.82, 2.24) is 5.32 Å². The van der Waals surface area contributed by atoms with Gasteiger partial charge in [-0.2, -0.15) is 0 Å². The van der Waals surface area contributed by atoms with Gasteiger partial charge in [0.2, 0.25) is 15.9 Å². The molecule has 1 N–H and O–H groups in total. The Bertz CT molecular complexity index is 1020. The van der Waals surface area contributed by atoms with Crippen molar-refractivity contribution >= 4 is 21.6 Å². The monoisotopic (exact) mass is 448 g/mol. The molecule has 8 nitrogen and oxygen atoms in total. The first-order valence-electron chi connectivity index (χ1n) is 10.1. The lowest BCUT2D eigenvalue weighted by Crippen LogP contribution is -2.47. The molecule has 0 spiro atoms. The molecule has 3 rings (SSSR count). The summed E-state index contributed by atoms with van der Waals surface area (Å²) >= 11 is 0. The van der Waals surface area contributed by atoms with Crippen molar-refractivity contribution in [2.75, 3.05) is 23.8 Å². The van der Waals surface area contributed by atoms with Crippen molar-refractivity contribution in [2.24, 2.45) is 0 Å². The van der Waals surface area contributed by atoms with Gasteiger partial charge in [-0.05, 0) is 50.6 Å². The Balaban J connectivity index is 1.71. The van der Waals surface area contributed by atoms with Crippen LogP contribution in [0.5, 0.6) is 17.2 Å². The Hall–Kier alpha value is -2.94. The van der Waals surface area contributed by atoms with Gasteiger partial charge in [0.15, 0.2) is 11.5 Å². The van der Waals surface area contributed by atoms with Crippen LogP contribution in [0.15, 0.2) is 42.5 Å². The average molecular weight is 449 g/mol. The molecule has 31 heavy (non-hydrogen) atoms. The quantitative estimate of drug-likeness (QED) is 0.667. The summed E-state index contributed by atoms with van der Waals surface area (Å²) in [6.07, 6.45) is 1.15. The summed E-state index contributed by atoms with van der Waals surface area (Å²) in [7, 11) is -3.73. The highest BCUT2D eigenvalue weighted by atomic mass is 32.2. The van der Waals surface area contributed by atoms with Crippen LogP contribution >= 0.6 is 0 Å². The number of fused-ring (bicyclic) bond motifs is 1. The molecule has 0 radical (unpaired) electrons. The predicted molar refractivity (Wildman–Crippen MR) is 118 cm³/mol. The van der Waals surface area contributed by atoms with Gasteiger partial charge in [-0.1, -0.05) is 12.1 Å². The highest BCUT2D eigenvalue weighted by molar-refractivity contribution is 7.92. The molecular weight excluding hydrogens is 420 g/mol. The molecule has 1 atom stereocenters. The van der Waals surface area contributed by atoms with Gasteiger partial charge in [0.25, 0.3) is 0 Å². The van der Waals surface area contributed by atoms with E-state index in [1.165, 1.54) is 0 Å². The maximum absolute atomic E-state index is 12.8. The Morgan fingerprint density at radius 3 is 2.32 bits per heavy atom. The normalized spacial score (nSPS) is 14.1. The molecule has 0 fully saturated rings. The molecule has 1 aliphatic rings. The number of sulfonamides is 1. The third kappa shape index (κ3) is 5.81. The van der Waals surface area contributed by atoms with Crippen LogP contribution in [0.4, 0.5) is 5.69 Å². The summed E-state index contributed by atoms with van der Waals surface area (Å²) in [5, 5.41) is 2.80. The van der Waals surface area contributed by atoms with E-state index in [9.17, 15) is 13.2 Å². The van der Waals surface area contributed by atoms with E-state index in [1.54, 1.807) is 25.1 Å². The Kier molecular flexibility index (Phi) is 6.94. The predicted octanol–water partition coefficient (Wildman–Crippen LogP) is 2.72. The summed E-state index contributed by atoms with van der Waals surface area (Å²) in [6, 6.07) is 11.3. The van der Waals surface area contributed by atoms with Gasteiger partial charge >= 0.3 is 0 Å². The van der Waals surface area contributed by atoms with E-state index in [0.29, 0.717) is 30.4 Å². The number of nitrogens with one attached hydrogen (secondary N) is 1. The highest BCUT2D eigenvalue weighted by Gasteiger charge is 2.30. The molecule has 0 aromatic heterocycles. The number of carbonyl (C=O) groups is 1. The zero-order chi connectivity index (χ0) is 22.6. The van der Waals surface area contributed by atoms with Gasteiger partial charge in [0, 0.05) is 12.6 Å². The summed E-state index contributed by atoms with van der Waals surface area (Å²) in [4.78, 5) is 12.8. The van der Waals surface area contributed by atoms with Crippen LogP contribution in [0.2, 0.25) is 0 Å². The number of amides is 1. The summed E-state index contributed by atoms with van der Waals surface area (Å²) in [5.74, 6) is 1.34. The van der Waals surface area contributed by atoms with E-state index < -0.39 is 22.0 Å². The molecule has 1 heterocycles. The number of hydrogen-bond donors (Lipinski definition) is 1. The summed E-state index contributed by atoms with van der Waals surface area (Å²) in [6.45, 7) is 6.53. The standard InChI is InChI=1S/C22H28N2O6S/c1-15(2)30-19-8-5-17(6-9-19)14-23-22(25)16(3)24(31(4,26)27)18-7-10-20-21(13-18)29-12-11-28-20/h5-10,13,15-16H,11-12,14H2,1-4H3,(H,23,25). The van der Waals surface area contributed by atoms with Gasteiger partial charge in [0.1, 0.15) is 25.0 Å². The van der Waals surface area contributed by atoms with Gasteiger partial charge in [-0.3, -0.25) is 9.10 Å². The molecule has 1 amide bonds. The van der Waals surface area contributed by atoms with E-state index in [-0.39, 0.29) is 12.6 Å². The lowest BCUT2D eigenvalue weighted by atomic mass is 10.2. The average Bonchev–Trinajstić information content (AvgIpc) is 2.71. The lowest BCUT2D eigenvalue weighted by Gasteiger charge is -2.29. The highest BCUT2D eigenvalue weighted by Crippen LogP contribution is 2.35. The van der Waals surface area contributed by atoms with E-state index in [2.05, 4.69) is 5.32 Å². The van der Waals surface area contributed by atoms with Crippen LogP contribution in [0.3, 0.4) is 0 Å². The second kappa shape index (κ2) is 9.47. The first-order valence-corrected chi connectivity index (χ1v) is 11.9. The lowest BCUT2D eigenvalue weighted by molar-refractivity contribution is -0.122. The molecule has 0 bridgehead atoms. The topological polar surface area (TPSA) is 94.2 Å². The minimum atomic E-state index is -3.73. The minimum Gasteiger partial charge on any atom is -0.491 e. The van der Waals surface area contributed by atoms with Crippen LogP contribution in [-0.2, 0) is 21.4 Å². The number of hydrogen-bond acceptors (Lipinski definition) is 6. The number of ether oxygens (including phenoxy) is 3. The van der Waals surface area contributed by atoms with Gasteiger partial charge < -0.3 is 19.5 Å². The Morgan fingerprint density at radius 2 is 1.71 bits per heavy atom. The number of benzene rings is 2. The largest absolute Gasteiger partial charge is 0.491 e. The van der Waals surface area contributed by atoms with Crippen LogP contribution < -0.4 is 23.8 Å². The number of rotatable bonds is 8. The van der Waals surface area contributed by atoms with Crippen LogP contribution in [0, 0.1) is 0 Å². The van der Waals surface area contributed by atoms with Crippen molar-refractivity contribution in [3.05, 3.63) is 48.0 Å². The third-order valence-corrected chi connectivity index (χ3v) is 5.87. The number of nitrogens with zero attached hydrogens (tertiary/aromatic N) is 1. The van der Waals surface area contributed by atoms with Gasteiger partial charge in [0.05, 0.1) is 18.0 Å². The van der Waals surface area contributed by atoms with E-state index in [4.69, 9.17) is 14.2 Å². The molecule has 1 unspecified atom stereocenters. The van der Waals surface area contributed by atoms with Crippen LogP contribution in [-0.4, -0.2) is 45.9 Å². The second-order valence-corrected chi connectivity index (χ2v) is 9.45. The fourth-order valence-electron chi connectivity index (χ4n) is 3.27. The second-order valence-electron chi connectivity index (χ2n) is 7.59. The summed E-state index contributed by atoms with van der Waals surface area (Å²) < 4.78 is 42.7. The molecular formula is C22H28N2O6S. The molecule has 0 saturated heterocycles. The Morgan fingerprint density at radius 1 is 1.06 bits per heavy atom. The van der Waals surface area contributed by atoms with Crippen molar-refractivity contribution < 1.29 is 27.4 Å². The molecule has 1 aliphatic heterocycles. The van der Waals surface area contributed by atoms with E-state index in [1.807, 2.05) is 38.1 Å². The zero-order valence-corrected chi connectivity index (χ0v) is 18.9. The first-order chi connectivity index (χ1) is 14.6. The smallest absolute Gasteiger partial charge is 0.243 e. The fourth-order valence-corrected chi connectivity index (χ4v) is 4.44. The summed E-state index contributed by atoms with van der Waals surface area (Å²) in [5.41, 5.74) is 1.21. The zero-order valence-electron chi connectivity index (χ0n) is 18.1. The minimum absolute atomic E-state index is 0.0777. The fraction of sp³-hybridized carbons (Fsp3) is 0.409. The molecule has 2 aromatic carbocycles. The SMILES string of the molecule is CC(C)Oc1ccc(CNC(=O)C(C)N(c2ccc3c(c2)OCCO3)S(C)(=O)=O)cc1.